The first-order chi connectivity index (χ1) is 7.31. The van der Waals surface area contributed by atoms with E-state index in [0.717, 1.165) is 24.5 Å². The lowest BCUT2D eigenvalue weighted by molar-refractivity contribution is 0.827. The third kappa shape index (κ3) is 3.10. The first-order valence-corrected chi connectivity index (χ1v) is 5.00. The van der Waals surface area contributed by atoms with Crippen LogP contribution >= 0.6 is 0 Å². The second-order valence-electron chi connectivity index (χ2n) is 3.16. The van der Waals surface area contributed by atoms with Crippen molar-refractivity contribution in [2.75, 3.05) is 18.0 Å². The summed E-state index contributed by atoms with van der Waals surface area (Å²) in [5.74, 6) is 0. The summed E-state index contributed by atoms with van der Waals surface area (Å²) < 4.78 is 0. The first-order valence-electron chi connectivity index (χ1n) is 5.00. The molecule has 0 aliphatic heterocycles. The molecule has 0 bridgehead atoms. The fourth-order valence-electron chi connectivity index (χ4n) is 1.42. The highest BCUT2D eigenvalue weighted by Crippen LogP contribution is 2.19. The van der Waals surface area contributed by atoms with E-state index in [2.05, 4.69) is 29.6 Å². The third-order valence-corrected chi connectivity index (χ3v) is 2.27. The number of nitriles is 1. The Morgan fingerprint density at radius 1 is 1.40 bits per heavy atom. The molecular formula is C12H15N3. The van der Waals surface area contributed by atoms with Crippen molar-refractivity contribution in [1.82, 2.24) is 0 Å². The first kappa shape index (κ1) is 11.3. The van der Waals surface area contributed by atoms with Gasteiger partial charge in [-0.25, -0.2) is 0 Å². The van der Waals surface area contributed by atoms with E-state index in [-0.39, 0.29) is 0 Å². The average molecular weight is 201 g/mol. The second-order valence-corrected chi connectivity index (χ2v) is 3.16. The molecule has 0 heterocycles. The molecule has 0 aromatic heterocycles. The maximum Gasteiger partial charge on any atom is 0.0640 e. The van der Waals surface area contributed by atoms with E-state index in [9.17, 15) is 0 Å². The molecule has 3 nitrogen and oxygen atoms in total. The summed E-state index contributed by atoms with van der Waals surface area (Å²) in [4.78, 5) is 6.00. The van der Waals surface area contributed by atoms with Crippen molar-refractivity contribution in [2.24, 2.45) is 4.99 Å². The van der Waals surface area contributed by atoms with Gasteiger partial charge in [-0.3, -0.25) is 4.99 Å². The highest BCUT2D eigenvalue weighted by molar-refractivity contribution is 5.54. The van der Waals surface area contributed by atoms with Gasteiger partial charge >= 0.3 is 0 Å². The zero-order valence-electron chi connectivity index (χ0n) is 8.98. The van der Waals surface area contributed by atoms with E-state index < -0.39 is 0 Å². The Labute approximate surface area is 90.7 Å². The molecule has 0 aliphatic rings. The Bertz CT molecular complexity index is 348. The normalized spacial score (nSPS) is 9.33. The molecule has 78 valence electrons. The SMILES string of the molecule is C=Nc1ccc(N(CC)CCC#N)cc1. The summed E-state index contributed by atoms with van der Waals surface area (Å²) >= 11 is 0. The maximum absolute atomic E-state index is 8.54. The molecule has 0 saturated carbocycles. The van der Waals surface area contributed by atoms with Gasteiger partial charge in [0, 0.05) is 18.8 Å². The summed E-state index contributed by atoms with van der Waals surface area (Å²) in [6, 6.07) is 10.0. The van der Waals surface area contributed by atoms with Crippen molar-refractivity contribution in [3.63, 3.8) is 0 Å². The molecule has 0 N–H and O–H groups in total. The molecule has 0 atom stereocenters. The Kier molecular flexibility index (Phi) is 4.36. The number of rotatable bonds is 5. The van der Waals surface area contributed by atoms with Crippen LogP contribution in [0.25, 0.3) is 0 Å². The van der Waals surface area contributed by atoms with Gasteiger partial charge in [0.25, 0.3) is 0 Å². The van der Waals surface area contributed by atoms with Crippen molar-refractivity contribution in [3.8, 4) is 6.07 Å². The van der Waals surface area contributed by atoms with Gasteiger partial charge in [-0.1, -0.05) is 0 Å². The van der Waals surface area contributed by atoms with Crippen LogP contribution in [0, 0.1) is 11.3 Å². The number of benzene rings is 1. The minimum atomic E-state index is 0.551. The Hall–Kier alpha value is -1.82. The molecule has 0 amide bonds. The topological polar surface area (TPSA) is 39.4 Å². The third-order valence-electron chi connectivity index (χ3n) is 2.27. The van der Waals surface area contributed by atoms with Crippen LogP contribution in [0.15, 0.2) is 29.3 Å². The fourth-order valence-corrected chi connectivity index (χ4v) is 1.42. The van der Waals surface area contributed by atoms with Crippen LogP contribution < -0.4 is 4.90 Å². The molecule has 15 heavy (non-hydrogen) atoms. The molecule has 1 aromatic rings. The predicted octanol–water partition coefficient (Wildman–Crippen LogP) is 2.76. The molecule has 3 heteroatoms. The predicted molar refractivity (Wildman–Crippen MR) is 63.8 cm³/mol. The van der Waals surface area contributed by atoms with Gasteiger partial charge in [0.1, 0.15) is 0 Å². The summed E-state index contributed by atoms with van der Waals surface area (Å²) in [7, 11) is 0. The van der Waals surface area contributed by atoms with Gasteiger partial charge < -0.3 is 4.90 Å². The van der Waals surface area contributed by atoms with Crippen molar-refractivity contribution in [3.05, 3.63) is 24.3 Å². The molecule has 0 radical (unpaired) electrons. The second kappa shape index (κ2) is 5.82. The molecule has 0 unspecified atom stereocenters. The molecule has 0 fully saturated rings. The lowest BCUT2D eigenvalue weighted by Gasteiger charge is -2.21. The number of nitrogens with zero attached hydrogens (tertiary/aromatic N) is 3. The van der Waals surface area contributed by atoms with E-state index in [1.165, 1.54) is 0 Å². The molecular weight excluding hydrogens is 186 g/mol. The van der Waals surface area contributed by atoms with E-state index in [4.69, 9.17) is 5.26 Å². The largest absolute Gasteiger partial charge is 0.371 e. The van der Waals surface area contributed by atoms with Crippen molar-refractivity contribution < 1.29 is 0 Å². The minimum Gasteiger partial charge on any atom is -0.371 e. The summed E-state index contributed by atoms with van der Waals surface area (Å²) in [5.41, 5.74) is 2.00. The standard InChI is InChI=1S/C12H15N3/c1-3-15(10-4-9-13)12-7-5-11(14-2)6-8-12/h5-8H,2-4,10H2,1H3. The van der Waals surface area contributed by atoms with Gasteiger partial charge in [-0.2, -0.15) is 5.26 Å². The number of aliphatic imine (C=N–C) groups is 1. The Morgan fingerprint density at radius 3 is 2.53 bits per heavy atom. The van der Waals surface area contributed by atoms with Crippen molar-refractivity contribution in [2.45, 2.75) is 13.3 Å². The van der Waals surface area contributed by atoms with Gasteiger partial charge in [0.05, 0.1) is 18.2 Å². The Balaban J connectivity index is 2.74. The molecule has 1 rings (SSSR count). The van der Waals surface area contributed by atoms with E-state index in [0.29, 0.717) is 6.42 Å². The smallest absolute Gasteiger partial charge is 0.0640 e. The van der Waals surface area contributed by atoms with Crippen LogP contribution in [0.3, 0.4) is 0 Å². The number of anilines is 1. The quantitative estimate of drug-likeness (QED) is 0.687. The number of hydrogen-bond donors (Lipinski definition) is 0. The Morgan fingerprint density at radius 2 is 2.07 bits per heavy atom. The lowest BCUT2D eigenvalue weighted by atomic mass is 10.2. The van der Waals surface area contributed by atoms with Crippen LogP contribution in [0.2, 0.25) is 0 Å². The average Bonchev–Trinajstić information content (AvgIpc) is 2.31. The highest BCUT2D eigenvalue weighted by Gasteiger charge is 2.02. The van der Waals surface area contributed by atoms with Gasteiger partial charge in [0.2, 0.25) is 0 Å². The minimum absolute atomic E-state index is 0.551. The van der Waals surface area contributed by atoms with Gasteiger partial charge in [0.15, 0.2) is 0 Å². The number of hydrogen-bond acceptors (Lipinski definition) is 3. The molecule has 0 saturated heterocycles. The zero-order valence-corrected chi connectivity index (χ0v) is 8.98. The van der Waals surface area contributed by atoms with Crippen LogP contribution in [0.4, 0.5) is 11.4 Å². The van der Waals surface area contributed by atoms with Gasteiger partial charge in [-0.15, -0.1) is 0 Å². The fraction of sp³-hybridized carbons (Fsp3) is 0.333. The zero-order chi connectivity index (χ0) is 11.1. The van der Waals surface area contributed by atoms with E-state index in [1.54, 1.807) is 0 Å². The lowest BCUT2D eigenvalue weighted by Crippen LogP contribution is -2.23. The molecule has 0 aliphatic carbocycles. The van der Waals surface area contributed by atoms with Crippen molar-refractivity contribution in [1.29, 1.82) is 5.26 Å². The van der Waals surface area contributed by atoms with Gasteiger partial charge in [-0.05, 0) is 37.9 Å². The van der Waals surface area contributed by atoms with Crippen molar-refractivity contribution >= 4 is 18.1 Å². The molecule has 0 spiro atoms. The van der Waals surface area contributed by atoms with Crippen LogP contribution in [-0.4, -0.2) is 19.8 Å². The van der Waals surface area contributed by atoms with Crippen LogP contribution in [0.5, 0.6) is 0 Å². The summed E-state index contributed by atoms with van der Waals surface area (Å²) in [6.45, 7) is 7.23. The summed E-state index contributed by atoms with van der Waals surface area (Å²) in [5, 5.41) is 8.54. The maximum atomic E-state index is 8.54. The van der Waals surface area contributed by atoms with Crippen LogP contribution in [0.1, 0.15) is 13.3 Å². The van der Waals surface area contributed by atoms with E-state index in [1.807, 2.05) is 24.3 Å². The molecule has 1 aromatic carbocycles. The summed E-state index contributed by atoms with van der Waals surface area (Å²) in [6.07, 6.45) is 0.551. The van der Waals surface area contributed by atoms with Crippen LogP contribution in [-0.2, 0) is 0 Å². The highest BCUT2D eigenvalue weighted by atomic mass is 15.1. The monoisotopic (exact) mass is 201 g/mol. The van der Waals surface area contributed by atoms with E-state index >= 15 is 0 Å².